The van der Waals surface area contributed by atoms with Crippen LogP contribution in [0.4, 0.5) is 4.39 Å². The lowest BCUT2D eigenvalue weighted by Crippen LogP contribution is -2.36. The summed E-state index contributed by atoms with van der Waals surface area (Å²) in [6.07, 6.45) is 1.27. The molecule has 122 valence electrons. The predicted molar refractivity (Wildman–Crippen MR) is 90.9 cm³/mol. The molecule has 1 fully saturated rings. The summed E-state index contributed by atoms with van der Waals surface area (Å²) in [6, 6.07) is 10.5. The van der Waals surface area contributed by atoms with Gasteiger partial charge in [0.1, 0.15) is 5.82 Å². The number of benzene rings is 1. The highest BCUT2D eigenvalue weighted by Crippen LogP contribution is 2.14. The van der Waals surface area contributed by atoms with Crippen molar-refractivity contribution in [1.82, 2.24) is 9.80 Å². The second kappa shape index (κ2) is 7.70. The highest BCUT2D eigenvalue weighted by Gasteiger charge is 2.19. The van der Waals surface area contributed by atoms with Crippen LogP contribution in [-0.4, -0.2) is 41.9 Å². The molecule has 0 bridgehead atoms. The minimum Gasteiger partial charge on any atom is -0.341 e. The van der Waals surface area contributed by atoms with Crippen molar-refractivity contribution in [2.24, 2.45) is 0 Å². The number of hydrogen-bond donors (Lipinski definition) is 0. The number of nitrogens with zero attached hydrogens (tertiary/aromatic N) is 2. The Morgan fingerprint density at radius 2 is 2.04 bits per heavy atom. The van der Waals surface area contributed by atoms with Crippen molar-refractivity contribution in [2.45, 2.75) is 19.4 Å². The van der Waals surface area contributed by atoms with Crippen molar-refractivity contribution in [3.8, 4) is 0 Å². The largest absolute Gasteiger partial charge is 0.341 e. The van der Waals surface area contributed by atoms with Gasteiger partial charge in [-0.2, -0.15) is 0 Å². The van der Waals surface area contributed by atoms with Crippen molar-refractivity contribution in [3.63, 3.8) is 0 Å². The molecular weight excluding hydrogens is 311 g/mol. The molecule has 23 heavy (non-hydrogen) atoms. The van der Waals surface area contributed by atoms with Crippen LogP contribution in [0, 0.1) is 5.82 Å². The smallest absolute Gasteiger partial charge is 0.227 e. The Morgan fingerprint density at radius 1 is 1.13 bits per heavy atom. The van der Waals surface area contributed by atoms with Crippen LogP contribution in [0.3, 0.4) is 0 Å². The molecule has 1 aromatic heterocycles. The summed E-state index contributed by atoms with van der Waals surface area (Å²) >= 11 is 1.78. The summed E-state index contributed by atoms with van der Waals surface area (Å²) in [7, 11) is 0. The van der Waals surface area contributed by atoms with Crippen LogP contribution in [0.1, 0.15) is 16.9 Å². The van der Waals surface area contributed by atoms with Crippen molar-refractivity contribution in [2.75, 3.05) is 26.2 Å². The first kappa shape index (κ1) is 16.1. The molecule has 3 nitrogen and oxygen atoms in total. The van der Waals surface area contributed by atoms with Crippen LogP contribution in [0.2, 0.25) is 0 Å². The maximum atomic E-state index is 13.2. The van der Waals surface area contributed by atoms with Crippen LogP contribution < -0.4 is 0 Å². The third-order valence-electron chi connectivity index (χ3n) is 4.15. The van der Waals surface area contributed by atoms with Gasteiger partial charge in [-0.25, -0.2) is 4.39 Å². The van der Waals surface area contributed by atoms with E-state index in [0.29, 0.717) is 0 Å². The lowest BCUT2D eigenvalue weighted by atomic mass is 10.1. The first-order chi connectivity index (χ1) is 11.2. The standard InChI is InChI=1S/C18H21FN2OS/c19-16-5-1-4-15(12-16)13-18(22)21-8-3-7-20(9-10-21)14-17-6-2-11-23-17/h1-2,4-6,11-12H,3,7-10,13-14H2. The lowest BCUT2D eigenvalue weighted by molar-refractivity contribution is -0.130. The molecule has 1 aromatic carbocycles. The number of thiophene rings is 1. The third-order valence-corrected chi connectivity index (χ3v) is 5.01. The van der Waals surface area contributed by atoms with Gasteiger partial charge < -0.3 is 4.90 Å². The molecule has 1 saturated heterocycles. The Morgan fingerprint density at radius 3 is 2.83 bits per heavy atom. The Kier molecular flexibility index (Phi) is 5.41. The van der Waals surface area contributed by atoms with Crippen LogP contribution >= 0.6 is 11.3 Å². The molecule has 0 unspecified atom stereocenters. The predicted octanol–water partition coefficient (Wildman–Crippen LogP) is 3.16. The van der Waals surface area contributed by atoms with Gasteiger partial charge >= 0.3 is 0 Å². The van der Waals surface area contributed by atoms with Crippen molar-refractivity contribution in [1.29, 1.82) is 0 Å². The van der Waals surface area contributed by atoms with Gasteiger partial charge in [0, 0.05) is 37.6 Å². The molecule has 0 radical (unpaired) electrons. The average molecular weight is 332 g/mol. The zero-order valence-electron chi connectivity index (χ0n) is 13.1. The van der Waals surface area contributed by atoms with Crippen molar-refractivity contribution < 1.29 is 9.18 Å². The SMILES string of the molecule is O=C(Cc1cccc(F)c1)N1CCCN(Cc2cccs2)CC1. The van der Waals surface area contributed by atoms with E-state index in [4.69, 9.17) is 0 Å². The number of hydrogen-bond acceptors (Lipinski definition) is 3. The Labute approximate surface area is 140 Å². The van der Waals surface area contributed by atoms with Crippen molar-refractivity contribution in [3.05, 3.63) is 58.0 Å². The molecule has 1 aliphatic rings. The quantitative estimate of drug-likeness (QED) is 0.859. The van der Waals surface area contributed by atoms with E-state index in [0.717, 1.165) is 44.7 Å². The van der Waals surface area contributed by atoms with Crippen LogP contribution in [-0.2, 0) is 17.8 Å². The third kappa shape index (κ3) is 4.62. The van der Waals surface area contributed by atoms with Gasteiger partial charge in [-0.05, 0) is 35.6 Å². The van der Waals surface area contributed by atoms with Gasteiger partial charge in [0.2, 0.25) is 5.91 Å². The summed E-state index contributed by atoms with van der Waals surface area (Å²) in [5, 5.41) is 2.10. The van der Waals surface area contributed by atoms with Gasteiger partial charge in [-0.15, -0.1) is 11.3 Å². The zero-order valence-corrected chi connectivity index (χ0v) is 13.9. The fourth-order valence-electron chi connectivity index (χ4n) is 2.93. The number of rotatable bonds is 4. The highest BCUT2D eigenvalue weighted by atomic mass is 32.1. The van der Waals surface area contributed by atoms with E-state index in [1.165, 1.54) is 17.0 Å². The second-order valence-electron chi connectivity index (χ2n) is 5.90. The molecule has 5 heteroatoms. The van der Waals surface area contributed by atoms with Gasteiger partial charge in [-0.3, -0.25) is 9.69 Å². The molecule has 3 rings (SSSR count). The normalized spacial score (nSPS) is 16.3. The fourth-order valence-corrected chi connectivity index (χ4v) is 3.68. The molecular formula is C18H21FN2OS. The van der Waals surface area contributed by atoms with E-state index in [2.05, 4.69) is 22.4 Å². The van der Waals surface area contributed by atoms with Gasteiger partial charge in [0.25, 0.3) is 0 Å². The van der Waals surface area contributed by atoms with Gasteiger partial charge in [0.05, 0.1) is 6.42 Å². The molecule has 0 saturated carbocycles. The Hall–Kier alpha value is -1.72. The minimum absolute atomic E-state index is 0.0913. The first-order valence-electron chi connectivity index (χ1n) is 7.98. The monoisotopic (exact) mass is 332 g/mol. The Bertz CT molecular complexity index is 644. The lowest BCUT2D eigenvalue weighted by Gasteiger charge is -2.21. The summed E-state index contributed by atoms with van der Waals surface area (Å²) in [6.45, 7) is 4.41. The molecule has 2 aromatic rings. The van der Waals surface area contributed by atoms with E-state index in [1.807, 2.05) is 11.0 Å². The van der Waals surface area contributed by atoms with E-state index in [-0.39, 0.29) is 18.1 Å². The van der Waals surface area contributed by atoms with Crippen molar-refractivity contribution >= 4 is 17.2 Å². The fraction of sp³-hybridized carbons (Fsp3) is 0.389. The van der Waals surface area contributed by atoms with Crippen LogP contribution in [0.5, 0.6) is 0 Å². The van der Waals surface area contributed by atoms with E-state index >= 15 is 0 Å². The topological polar surface area (TPSA) is 23.6 Å². The molecule has 0 N–H and O–H groups in total. The van der Waals surface area contributed by atoms with E-state index in [9.17, 15) is 9.18 Å². The zero-order chi connectivity index (χ0) is 16.1. The summed E-state index contributed by atoms with van der Waals surface area (Å²) in [5.74, 6) is -0.193. The number of carbonyl (C=O) groups excluding carboxylic acids is 1. The molecule has 0 spiro atoms. The van der Waals surface area contributed by atoms with E-state index in [1.54, 1.807) is 17.4 Å². The van der Waals surface area contributed by atoms with Crippen LogP contribution in [0.25, 0.3) is 0 Å². The number of carbonyl (C=O) groups is 1. The maximum Gasteiger partial charge on any atom is 0.227 e. The number of halogens is 1. The average Bonchev–Trinajstić information content (AvgIpc) is 2.91. The summed E-state index contributed by atoms with van der Waals surface area (Å²) in [5.41, 5.74) is 0.745. The van der Waals surface area contributed by atoms with Crippen LogP contribution in [0.15, 0.2) is 41.8 Å². The molecule has 1 amide bonds. The minimum atomic E-state index is -0.284. The summed E-state index contributed by atoms with van der Waals surface area (Å²) < 4.78 is 13.2. The summed E-state index contributed by atoms with van der Waals surface area (Å²) in [4.78, 5) is 18.1. The Balaban J connectivity index is 1.53. The van der Waals surface area contributed by atoms with Gasteiger partial charge in [-0.1, -0.05) is 18.2 Å². The first-order valence-corrected chi connectivity index (χ1v) is 8.85. The molecule has 0 aliphatic carbocycles. The molecule has 0 atom stereocenters. The molecule has 2 heterocycles. The van der Waals surface area contributed by atoms with E-state index < -0.39 is 0 Å². The second-order valence-corrected chi connectivity index (χ2v) is 6.93. The highest BCUT2D eigenvalue weighted by molar-refractivity contribution is 7.09. The maximum absolute atomic E-state index is 13.2. The van der Waals surface area contributed by atoms with Gasteiger partial charge in [0.15, 0.2) is 0 Å². The molecule has 1 aliphatic heterocycles. The number of amides is 1.